The Morgan fingerprint density at radius 2 is 2.12 bits per heavy atom. The SMILES string of the molecule is O=C(N1CCCC1)N1C[C@H]2CCC[C@@]2(COCc2ccccn2)C1. The number of aromatic nitrogens is 1. The Morgan fingerprint density at radius 1 is 1.25 bits per heavy atom. The van der Waals surface area contributed by atoms with Gasteiger partial charge in [0.05, 0.1) is 18.9 Å². The molecule has 4 rings (SSSR count). The Balaban J connectivity index is 1.36. The Kier molecular flexibility index (Phi) is 4.44. The van der Waals surface area contributed by atoms with Crippen molar-refractivity contribution >= 4 is 6.03 Å². The summed E-state index contributed by atoms with van der Waals surface area (Å²) in [5.74, 6) is 0.604. The van der Waals surface area contributed by atoms with Crippen molar-refractivity contribution in [3.05, 3.63) is 30.1 Å². The summed E-state index contributed by atoms with van der Waals surface area (Å²) >= 11 is 0. The highest BCUT2D eigenvalue weighted by molar-refractivity contribution is 5.75. The molecule has 5 heteroatoms. The molecular weight excluding hydrogens is 302 g/mol. The van der Waals surface area contributed by atoms with E-state index in [0.29, 0.717) is 12.5 Å². The molecule has 1 saturated carbocycles. The van der Waals surface area contributed by atoms with Crippen LogP contribution in [0.25, 0.3) is 0 Å². The summed E-state index contributed by atoms with van der Waals surface area (Å²) in [6, 6.07) is 6.18. The first-order chi connectivity index (χ1) is 11.8. The predicted octanol–water partition coefficient (Wildman–Crippen LogP) is 2.92. The fourth-order valence-corrected chi connectivity index (χ4v) is 4.75. The van der Waals surface area contributed by atoms with Gasteiger partial charge in [-0.05, 0) is 43.7 Å². The van der Waals surface area contributed by atoms with E-state index >= 15 is 0 Å². The molecule has 2 amide bonds. The van der Waals surface area contributed by atoms with Crippen LogP contribution in [0.5, 0.6) is 0 Å². The number of hydrogen-bond donors (Lipinski definition) is 0. The topological polar surface area (TPSA) is 45.7 Å². The molecule has 2 aliphatic heterocycles. The van der Waals surface area contributed by atoms with Crippen LogP contribution < -0.4 is 0 Å². The lowest BCUT2D eigenvalue weighted by molar-refractivity contribution is 0.0262. The zero-order valence-corrected chi connectivity index (χ0v) is 14.3. The number of nitrogens with zero attached hydrogens (tertiary/aromatic N) is 3. The van der Waals surface area contributed by atoms with Gasteiger partial charge >= 0.3 is 6.03 Å². The largest absolute Gasteiger partial charge is 0.375 e. The molecule has 130 valence electrons. The third-order valence-electron chi connectivity index (χ3n) is 6.05. The second-order valence-corrected chi connectivity index (χ2v) is 7.62. The van der Waals surface area contributed by atoms with Crippen LogP contribution in [0.4, 0.5) is 4.79 Å². The molecule has 1 aromatic rings. The number of carbonyl (C=O) groups excluding carboxylic acids is 1. The van der Waals surface area contributed by atoms with Gasteiger partial charge in [-0.1, -0.05) is 12.5 Å². The smallest absolute Gasteiger partial charge is 0.320 e. The average molecular weight is 329 g/mol. The number of amides is 2. The molecule has 3 aliphatic rings. The zero-order valence-electron chi connectivity index (χ0n) is 14.3. The Morgan fingerprint density at radius 3 is 2.92 bits per heavy atom. The Bertz CT molecular complexity index is 573. The summed E-state index contributed by atoms with van der Waals surface area (Å²) in [4.78, 5) is 21.2. The molecule has 0 unspecified atom stereocenters. The average Bonchev–Trinajstić information content (AvgIpc) is 3.31. The monoisotopic (exact) mass is 329 g/mol. The first kappa shape index (κ1) is 15.9. The van der Waals surface area contributed by atoms with Gasteiger partial charge in [0.2, 0.25) is 0 Å². The van der Waals surface area contributed by atoms with Crippen molar-refractivity contribution in [3.63, 3.8) is 0 Å². The van der Waals surface area contributed by atoms with Gasteiger partial charge in [0.15, 0.2) is 0 Å². The Labute approximate surface area is 144 Å². The van der Waals surface area contributed by atoms with E-state index in [1.54, 1.807) is 6.20 Å². The standard InChI is InChI=1S/C19H27N3O2/c23-18(21-10-3-4-11-21)22-12-16-6-5-8-19(16,14-22)15-24-13-17-7-1-2-9-20-17/h1-2,7,9,16H,3-6,8,10-15H2/t16-,19+/m1/s1. The number of likely N-dealkylation sites (tertiary alicyclic amines) is 2. The predicted molar refractivity (Wildman–Crippen MR) is 91.4 cm³/mol. The van der Waals surface area contributed by atoms with Crippen molar-refractivity contribution < 1.29 is 9.53 Å². The van der Waals surface area contributed by atoms with Crippen LogP contribution in [-0.4, -0.2) is 53.6 Å². The summed E-state index contributed by atoms with van der Waals surface area (Å²) in [6.45, 7) is 4.97. The van der Waals surface area contributed by atoms with Gasteiger partial charge in [0, 0.05) is 37.8 Å². The van der Waals surface area contributed by atoms with Crippen molar-refractivity contribution in [2.75, 3.05) is 32.8 Å². The molecule has 0 aromatic carbocycles. The highest BCUT2D eigenvalue weighted by atomic mass is 16.5. The molecule has 2 atom stereocenters. The quantitative estimate of drug-likeness (QED) is 0.853. The minimum absolute atomic E-state index is 0.171. The molecule has 2 saturated heterocycles. The molecule has 0 radical (unpaired) electrons. The molecule has 24 heavy (non-hydrogen) atoms. The van der Waals surface area contributed by atoms with Gasteiger partial charge in [0.25, 0.3) is 0 Å². The summed E-state index contributed by atoms with van der Waals surface area (Å²) in [5.41, 5.74) is 1.15. The van der Waals surface area contributed by atoms with E-state index in [1.165, 1.54) is 19.3 Å². The maximum absolute atomic E-state index is 12.7. The number of pyridine rings is 1. The van der Waals surface area contributed by atoms with E-state index in [1.807, 2.05) is 23.1 Å². The number of urea groups is 1. The fourth-order valence-electron chi connectivity index (χ4n) is 4.75. The van der Waals surface area contributed by atoms with Gasteiger partial charge < -0.3 is 14.5 Å². The molecule has 3 fully saturated rings. The highest BCUT2D eigenvalue weighted by Crippen LogP contribution is 2.49. The van der Waals surface area contributed by atoms with Gasteiger partial charge in [-0.25, -0.2) is 4.79 Å². The molecule has 1 aliphatic carbocycles. The first-order valence-electron chi connectivity index (χ1n) is 9.28. The van der Waals surface area contributed by atoms with Crippen LogP contribution in [-0.2, 0) is 11.3 Å². The van der Waals surface area contributed by atoms with Gasteiger partial charge in [-0.3, -0.25) is 4.98 Å². The van der Waals surface area contributed by atoms with Crippen LogP contribution in [0.1, 0.15) is 37.8 Å². The van der Waals surface area contributed by atoms with Crippen molar-refractivity contribution in [1.29, 1.82) is 0 Å². The maximum Gasteiger partial charge on any atom is 0.320 e. The summed E-state index contributed by atoms with van der Waals surface area (Å²) in [6.07, 6.45) is 7.80. The zero-order chi connectivity index (χ0) is 16.4. The molecule has 1 aromatic heterocycles. The van der Waals surface area contributed by atoms with Gasteiger partial charge in [-0.2, -0.15) is 0 Å². The molecular formula is C19H27N3O2. The minimum Gasteiger partial charge on any atom is -0.375 e. The number of fused-ring (bicyclic) bond motifs is 1. The van der Waals surface area contributed by atoms with Crippen LogP contribution in [0.15, 0.2) is 24.4 Å². The summed E-state index contributed by atoms with van der Waals surface area (Å²) in [7, 11) is 0. The Hall–Kier alpha value is -1.62. The van der Waals surface area contributed by atoms with Crippen molar-refractivity contribution in [2.45, 2.75) is 38.7 Å². The van der Waals surface area contributed by atoms with E-state index < -0.39 is 0 Å². The lowest BCUT2D eigenvalue weighted by atomic mass is 9.81. The third-order valence-corrected chi connectivity index (χ3v) is 6.05. The normalized spacial score (nSPS) is 29.2. The van der Waals surface area contributed by atoms with Crippen molar-refractivity contribution in [3.8, 4) is 0 Å². The molecule has 0 bridgehead atoms. The van der Waals surface area contributed by atoms with E-state index in [4.69, 9.17) is 4.74 Å². The lowest BCUT2D eigenvalue weighted by Crippen LogP contribution is -2.42. The fraction of sp³-hybridized carbons (Fsp3) is 0.684. The second kappa shape index (κ2) is 6.71. The van der Waals surface area contributed by atoms with Crippen LogP contribution >= 0.6 is 0 Å². The van der Waals surface area contributed by atoms with Crippen molar-refractivity contribution in [2.24, 2.45) is 11.3 Å². The van der Waals surface area contributed by atoms with Gasteiger partial charge in [0.1, 0.15) is 0 Å². The minimum atomic E-state index is 0.171. The summed E-state index contributed by atoms with van der Waals surface area (Å²) in [5, 5.41) is 0. The number of hydrogen-bond acceptors (Lipinski definition) is 3. The van der Waals surface area contributed by atoms with Crippen LogP contribution in [0.2, 0.25) is 0 Å². The van der Waals surface area contributed by atoms with Crippen LogP contribution in [0.3, 0.4) is 0 Å². The first-order valence-corrected chi connectivity index (χ1v) is 9.28. The highest BCUT2D eigenvalue weighted by Gasteiger charge is 2.51. The molecule has 0 N–H and O–H groups in total. The van der Waals surface area contributed by atoms with Gasteiger partial charge in [-0.15, -0.1) is 0 Å². The number of rotatable bonds is 4. The van der Waals surface area contributed by atoms with E-state index in [9.17, 15) is 4.79 Å². The molecule has 3 heterocycles. The van der Waals surface area contributed by atoms with Crippen molar-refractivity contribution in [1.82, 2.24) is 14.8 Å². The molecule has 5 nitrogen and oxygen atoms in total. The van der Waals surface area contributed by atoms with Crippen LogP contribution in [0, 0.1) is 11.3 Å². The summed E-state index contributed by atoms with van der Waals surface area (Å²) < 4.78 is 6.05. The third kappa shape index (κ3) is 3.02. The number of carbonyl (C=O) groups is 1. The second-order valence-electron chi connectivity index (χ2n) is 7.62. The maximum atomic E-state index is 12.7. The van der Waals surface area contributed by atoms with E-state index in [0.717, 1.165) is 51.3 Å². The van der Waals surface area contributed by atoms with E-state index in [2.05, 4.69) is 9.88 Å². The van der Waals surface area contributed by atoms with E-state index in [-0.39, 0.29) is 11.4 Å². The number of ether oxygens (including phenoxy) is 1. The molecule has 0 spiro atoms. The lowest BCUT2D eigenvalue weighted by Gasteiger charge is -2.29.